The van der Waals surface area contributed by atoms with E-state index in [2.05, 4.69) is 5.32 Å². The average Bonchev–Trinajstić information content (AvgIpc) is 2.93. The van der Waals surface area contributed by atoms with E-state index in [4.69, 9.17) is 4.74 Å². The number of nitrogens with zero attached hydrogens (tertiary/aromatic N) is 1. The maximum atomic E-state index is 12.3. The minimum absolute atomic E-state index is 0.110. The molecule has 1 saturated heterocycles. The molecule has 5 heteroatoms. The second-order valence-corrected chi connectivity index (χ2v) is 6.63. The summed E-state index contributed by atoms with van der Waals surface area (Å²) in [6.07, 6.45) is 1.08. The summed E-state index contributed by atoms with van der Waals surface area (Å²) < 4.78 is 5.33. The monoisotopic (exact) mass is 304 g/mol. The number of carbonyl (C=O) groups is 2. The average molecular weight is 304 g/mol. The first-order valence-corrected chi connectivity index (χ1v) is 7.66. The highest BCUT2D eigenvalue weighted by molar-refractivity contribution is 5.86. The molecule has 1 aliphatic rings. The summed E-state index contributed by atoms with van der Waals surface area (Å²) in [4.78, 5) is 26.0. The number of amides is 2. The molecule has 1 N–H and O–H groups in total. The van der Waals surface area contributed by atoms with Crippen LogP contribution in [0.25, 0.3) is 0 Å². The van der Waals surface area contributed by atoms with Crippen LogP contribution in [0.3, 0.4) is 0 Å². The predicted octanol–water partition coefficient (Wildman–Crippen LogP) is 2.70. The molecule has 2 rings (SSSR count). The Kier molecular flexibility index (Phi) is 5.06. The molecule has 1 heterocycles. The van der Waals surface area contributed by atoms with E-state index >= 15 is 0 Å². The van der Waals surface area contributed by atoms with Gasteiger partial charge >= 0.3 is 6.09 Å². The number of benzene rings is 1. The third-order valence-corrected chi connectivity index (χ3v) is 3.49. The molecule has 0 aliphatic carbocycles. The lowest BCUT2D eigenvalue weighted by Crippen LogP contribution is -2.51. The Hall–Kier alpha value is -2.04. The normalized spacial score (nSPS) is 18.1. The van der Waals surface area contributed by atoms with E-state index in [1.807, 2.05) is 51.1 Å². The SMILES string of the molecule is CC(C)(C)NC(=O)C1CCCN1C(=O)OCc1ccccc1. The van der Waals surface area contributed by atoms with E-state index in [1.54, 1.807) is 0 Å². The summed E-state index contributed by atoms with van der Waals surface area (Å²) in [6, 6.07) is 9.10. The molecule has 0 saturated carbocycles. The van der Waals surface area contributed by atoms with Gasteiger partial charge in [-0.25, -0.2) is 4.79 Å². The molecule has 1 aromatic rings. The molecule has 22 heavy (non-hydrogen) atoms. The van der Waals surface area contributed by atoms with E-state index in [9.17, 15) is 9.59 Å². The Bertz CT molecular complexity index is 522. The van der Waals surface area contributed by atoms with Gasteiger partial charge in [0, 0.05) is 12.1 Å². The van der Waals surface area contributed by atoms with Crippen LogP contribution in [0.5, 0.6) is 0 Å². The van der Waals surface area contributed by atoms with Crippen molar-refractivity contribution in [3.8, 4) is 0 Å². The summed E-state index contributed by atoms with van der Waals surface area (Å²) in [5.74, 6) is -0.110. The predicted molar refractivity (Wildman–Crippen MR) is 84.3 cm³/mol. The quantitative estimate of drug-likeness (QED) is 0.934. The molecule has 1 aliphatic heterocycles. The topological polar surface area (TPSA) is 58.6 Å². The number of hydrogen-bond acceptors (Lipinski definition) is 3. The summed E-state index contributed by atoms with van der Waals surface area (Å²) in [5, 5.41) is 2.93. The highest BCUT2D eigenvalue weighted by atomic mass is 16.6. The van der Waals surface area contributed by atoms with Crippen LogP contribution in [0.4, 0.5) is 4.79 Å². The zero-order chi connectivity index (χ0) is 16.2. The minimum atomic E-state index is -0.428. The Balaban J connectivity index is 1.92. The summed E-state index contributed by atoms with van der Waals surface area (Å²) in [6.45, 7) is 6.58. The highest BCUT2D eigenvalue weighted by Crippen LogP contribution is 2.20. The number of ether oxygens (including phenoxy) is 1. The van der Waals surface area contributed by atoms with Crippen molar-refractivity contribution in [2.75, 3.05) is 6.54 Å². The molecule has 1 unspecified atom stereocenters. The fraction of sp³-hybridized carbons (Fsp3) is 0.529. The van der Waals surface area contributed by atoms with Gasteiger partial charge < -0.3 is 10.1 Å². The van der Waals surface area contributed by atoms with Crippen molar-refractivity contribution in [2.45, 2.75) is 51.8 Å². The van der Waals surface area contributed by atoms with Crippen molar-refractivity contribution in [1.82, 2.24) is 10.2 Å². The van der Waals surface area contributed by atoms with Gasteiger partial charge in [-0.05, 0) is 39.2 Å². The molecular weight excluding hydrogens is 280 g/mol. The molecule has 0 spiro atoms. The van der Waals surface area contributed by atoms with E-state index in [-0.39, 0.29) is 18.1 Å². The Morgan fingerprint density at radius 2 is 1.95 bits per heavy atom. The maximum Gasteiger partial charge on any atom is 0.410 e. The third-order valence-electron chi connectivity index (χ3n) is 3.49. The van der Waals surface area contributed by atoms with Gasteiger partial charge in [0.25, 0.3) is 0 Å². The van der Waals surface area contributed by atoms with Crippen molar-refractivity contribution in [3.63, 3.8) is 0 Å². The zero-order valence-corrected chi connectivity index (χ0v) is 13.5. The standard InChI is InChI=1S/C17H24N2O3/c1-17(2,3)18-15(20)14-10-7-11-19(14)16(21)22-12-13-8-5-4-6-9-13/h4-6,8-9,14H,7,10-12H2,1-3H3,(H,18,20). The Labute approximate surface area is 131 Å². The molecule has 0 bridgehead atoms. The van der Waals surface area contributed by atoms with Gasteiger partial charge in [-0.15, -0.1) is 0 Å². The van der Waals surface area contributed by atoms with Gasteiger partial charge in [-0.3, -0.25) is 9.69 Å². The first kappa shape index (κ1) is 16.3. The lowest BCUT2D eigenvalue weighted by atomic mass is 10.1. The van der Waals surface area contributed by atoms with Gasteiger partial charge in [0.05, 0.1) is 0 Å². The first-order valence-electron chi connectivity index (χ1n) is 7.66. The molecule has 0 radical (unpaired) electrons. The number of hydrogen-bond donors (Lipinski definition) is 1. The number of rotatable bonds is 3. The fourth-order valence-electron chi connectivity index (χ4n) is 2.51. The van der Waals surface area contributed by atoms with E-state index < -0.39 is 12.1 Å². The van der Waals surface area contributed by atoms with Crippen molar-refractivity contribution >= 4 is 12.0 Å². The molecule has 1 fully saturated rings. The van der Waals surface area contributed by atoms with Crippen LogP contribution in [0.1, 0.15) is 39.2 Å². The first-order chi connectivity index (χ1) is 10.4. The van der Waals surface area contributed by atoms with Crippen LogP contribution in [0.2, 0.25) is 0 Å². The zero-order valence-electron chi connectivity index (χ0n) is 13.5. The highest BCUT2D eigenvalue weighted by Gasteiger charge is 2.36. The van der Waals surface area contributed by atoms with Gasteiger partial charge in [0.15, 0.2) is 0 Å². The van der Waals surface area contributed by atoms with Crippen LogP contribution >= 0.6 is 0 Å². The number of likely N-dealkylation sites (tertiary alicyclic amines) is 1. The largest absolute Gasteiger partial charge is 0.445 e. The summed E-state index contributed by atoms with van der Waals surface area (Å²) in [7, 11) is 0. The summed E-state index contributed by atoms with van der Waals surface area (Å²) >= 11 is 0. The molecular formula is C17H24N2O3. The Morgan fingerprint density at radius 1 is 1.27 bits per heavy atom. The molecule has 5 nitrogen and oxygen atoms in total. The lowest BCUT2D eigenvalue weighted by molar-refractivity contribution is -0.126. The third kappa shape index (κ3) is 4.48. The fourth-order valence-corrected chi connectivity index (χ4v) is 2.51. The van der Waals surface area contributed by atoms with Gasteiger partial charge in [0.2, 0.25) is 5.91 Å². The van der Waals surface area contributed by atoms with Crippen LogP contribution in [0, 0.1) is 0 Å². The van der Waals surface area contributed by atoms with E-state index in [0.717, 1.165) is 12.0 Å². The van der Waals surface area contributed by atoms with Crippen LogP contribution < -0.4 is 5.32 Å². The summed E-state index contributed by atoms with van der Waals surface area (Å²) in [5.41, 5.74) is 0.630. The van der Waals surface area contributed by atoms with Gasteiger partial charge in [-0.2, -0.15) is 0 Å². The van der Waals surface area contributed by atoms with Crippen molar-refractivity contribution in [1.29, 1.82) is 0 Å². The molecule has 1 aromatic carbocycles. The van der Waals surface area contributed by atoms with Crippen LogP contribution in [-0.4, -0.2) is 35.0 Å². The Morgan fingerprint density at radius 3 is 2.59 bits per heavy atom. The molecule has 1 atom stereocenters. The minimum Gasteiger partial charge on any atom is -0.445 e. The van der Waals surface area contributed by atoms with Gasteiger partial charge in [0.1, 0.15) is 12.6 Å². The lowest BCUT2D eigenvalue weighted by Gasteiger charge is -2.27. The van der Waals surface area contributed by atoms with Crippen molar-refractivity contribution < 1.29 is 14.3 Å². The van der Waals surface area contributed by atoms with Crippen LogP contribution in [-0.2, 0) is 16.1 Å². The van der Waals surface area contributed by atoms with Gasteiger partial charge in [-0.1, -0.05) is 30.3 Å². The molecule has 120 valence electrons. The van der Waals surface area contributed by atoms with Crippen molar-refractivity contribution in [2.24, 2.45) is 0 Å². The molecule has 2 amide bonds. The van der Waals surface area contributed by atoms with E-state index in [0.29, 0.717) is 13.0 Å². The van der Waals surface area contributed by atoms with Crippen LogP contribution in [0.15, 0.2) is 30.3 Å². The second kappa shape index (κ2) is 6.81. The number of carbonyl (C=O) groups excluding carboxylic acids is 2. The smallest absolute Gasteiger partial charge is 0.410 e. The van der Waals surface area contributed by atoms with E-state index in [1.165, 1.54) is 4.90 Å². The van der Waals surface area contributed by atoms with Crippen molar-refractivity contribution in [3.05, 3.63) is 35.9 Å². The number of nitrogens with one attached hydrogen (secondary N) is 1. The maximum absolute atomic E-state index is 12.3. The second-order valence-electron chi connectivity index (χ2n) is 6.63. The molecule has 0 aromatic heterocycles.